The summed E-state index contributed by atoms with van der Waals surface area (Å²) in [5.41, 5.74) is 2.30. The number of hydrogen-bond acceptors (Lipinski definition) is 7. The lowest BCUT2D eigenvalue weighted by molar-refractivity contribution is 0.252. The standard InChI is InChI=1S/C17H21N7O2S2/c1-4-24-9-12(20-10-24)5-7-18-15(25)23-16-21-11(2)14(27-16)13-6-8-19-17(22-13)28(3)26/h6,8-10H,4-5,7H2,1-3H3,(H2,18,21,23,25). The molecule has 9 nitrogen and oxygen atoms in total. The van der Waals surface area contributed by atoms with Crippen LogP contribution in [-0.4, -0.2) is 47.5 Å². The minimum absolute atomic E-state index is 0.267. The van der Waals surface area contributed by atoms with Crippen molar-refractivity contribution < 1.29 is 9.00 Å². The van der Waals surface area contributed by atoms with Crippen LogP contribution in [0.25, 0.3) is 10.6 Å². The van der Waals surface area contributed by atoms with Crippen LogP contribution in [0.1, 0.15) is 18.3 Å². The van der Waals surface area contributed by atoms with E-state index in [0.717, 1.165) is 22.8 Å². The fourth-order valence-electron chi connectivity index (χ4n) is 2.45. The largest absolute Gasteiger partial charge is 0.337 e. The van der Waals surface area contributed by atoms with Gasteiger partial charge in [-0.25, -0.2) is 24.7 Å². The van der Waals surface area contributed by atoms with E-state index in [4.69, 9.17) is 0 Å². The first-order valence-corrected chi connectivity index (χ1v) is 11.0. The molecule has 0 aromatic carbocycles. The first-order valence-electron chi connectivity index (χ1n) is 8.66. The van der Waals surface area contributed by atoms with Crippen LogP contribution < -0.4 is 10.6 Å². The lowest BCUT2D eigenvalue weighted by Crippen LogP contribution is -2.30. The molecule has 28 heavy (non-hydrogen) atoms. The van der Waals surface area contributed by atoms with Gasteiger partial charge in [-0.1, -0.05) is 11.3 Å². The number of anilines is 1. The molecule has 1 atom stereocenters. The van der Waals surface area contributed by atoms with Crippen LogP contribution in [0.5, 0.6) is 0 Å². The molecule has 2 amide bonds. The van der Waals surface area contributed by atoms with Gasteiger partial charge in [0, 0.05) is 38.2 Å². The Morgan fingerprint density at radius 1 is 1.32 bits per heavy atom. The van der Waals surface area contributed by atoms with Crippen LogP contribution in [0.4, 0.5) is 9.93 Å². The lowest BCUT2D eigenvalue weighted by Gasteiger charge is -2.04. The molecule has 0 bridgehead atoms. The van der Waals surface area contributed by atoms with Gasteiger partial charge < -0.3 is 9.88 Å². The van der Waals surface area contributed by atoms with Gasteiger partial charge in [0.1, 0.15) is 0 Å². The summed E-state index contributed by atoms with van der Waals surface area (Å²) in [4.78, 5) is 29.9. The first-order chi connectivity index (χ1) is 13.5. The Kier molecular flexibility index (Phi) is 6.47. The SMILES string of the molecule is CCn1cnc(CCNC(=O)Nc2nc(C)c(-c3ccnc(S(C)=O)n3)s2)c1. The summed E-state index contributed by atoms with van der Waals surface area (Å²) in [5.74, 6) is 0. The minimum Gasteiger partial charge on any atom is -0.337 e. The van der Waals surface area contributed by atoms with E-state index in [1.165, 1.54) is 17.6 Å². The van der Waals surface area contributed by atoms with Gasteiger partial charge in [-0.15, -0.1) is 0 Å². The van der Waals surface area contributed by atoms with Crippen LogP contribution in [0.15, 0.2) is 29.9 Å². The van der Waals surface area contributed by atoms with Gasteiger partial charge in [0.2, 0.25) is 5.16 Å². The Morgan fingerprint density at radius 3 is 2.86 bits per heavy atom. The number of nitrogens with one attached hydrogen (secondary N) is 2. The van der Waals surface area contributed by atoms with E-state index in [1.54, 1.807) is 18.6 Å². The van der Waals surface area contributed by atoms with Crippen LogP contribution in [0, 0.1) is 6.92 Å². The number of amides is 2. The van der Waals surface area contributed by atoms with Gasteiger partial charge in [-0.3, -0.25) is 9.53 Å². The van der Waals surface area contributed by atoms with Crippen molar-refractivity contribution in [3.8, 4) is 10.6 Å². The van der Waals surface area contributed by atoms with Crippen LogP contribution in [0.3, 0.4) is 0 Å². The normalized spacial score (nSPS) is 12.0. The number of aromatic nitrogens is 5. The number of aryl methyl sites for hydroxylation is 2. The maximum atomic E-state index is 12.1. The van der Waals surface area contributed by atoms with Crippen molar-refractivity contribution in [2.45, 2.75) is 32.0 Å². The van der Waals surface area contributed by atoms with Gasteiger partial charge in [0.15, 0.2) is 5.13 Å². The average molecular weight is 420 g/mol. The Balaban J connectivity index is 1.59. The predicted octanol–water partition coefficient (Wildman–Crippen LogP) is 2.23. The first kappa shape index (κ1) is 20.1. The molecule has 3 rings (SSSR count). The molecule has 0 radical (unpaired) electrons. The Morgan fingerprint density at radius 2 is 2.14 bits per heavy atom. The molecule has 0 saturated carbocycles. The number of carbonyl (C=O) groups is 1. The summed E-state index contributed by atoms with van der Waals surface area (Å²) in [7, 11) is -1.27. The molecule has 1 unspecified atom stereocenters. The second-order valence-electron chi connectivity index (χ2n) is 5.94. The van der Waals surface area contributed by atoms with E-state index >= 15 is 0 Å². The smallest absolute Gasteiger partial charge is 0.321 e. The molecule has 3 heterocycles. The highest BCUT2D eigenvalue weighted by Gasteiger charge is 2.14. The number of thiazole rings is 1. The number of rotatable bonds is 7. The van der Waals surface area contributed by atoms with E-state index in [9.17, 15) is 9.00 Å². The molecule has 0 aliphatic rings. The topological polar surface area (TPSA) is 115 Å². The third kappa shape index (κ3) is 4.98. The molecule has 3 aromatic heterocycles. The quantitative estimate of drug-likeness (QED) is 0.568. The highest BCUT2D eigenvalue weighted by atomic mass is 32.2. The number of nitrogens with zero attached hydrogens (tertiary/aromatic N) is 5. The highest BCUT2D eigenvalue weighted by Crippen LogP contribution is 2.31. The third-order valence-electron chi connectivity index (χ3n) is 3.86. The van der Waals surface area contributed by atoms with E-state index in [0.29, 0.717) is 23.8 Å². The van der Waals surface area contributed by atoms with Crippen molar-refractivity contribution in [2.24, 2.45) is 0 Å². The summed E-state index contributed by atoms with van der Waals surface area (Å²) in [6.07, 6.45) is 7.50. The maximum absolute atomic E-state index is 12.1. The Bertz CT molecular complexity index is 999. The fraction of sp³-hybridized carbons (Fsp3) is 0.353. The van der Waals surface area contributed by atoms with Gasteiger partial charge in [-0.2, -0.15) is 0 Å². The van der Waals surface area contributed by atoms with Gasteiger partial charge in [0.25, 0.3) is 0 Å². The third-order valence-corrected chi connectivity index (χ3v) is 5.67. The number of carbonyl (C=O) groups excluding carboxylic acids is 1. The molecule has 2 N–H and O–H groups in total. The highest BCUT2D eigenvalue weighted by molar-refractivity contribution is 7.84. The lowest BCUT2D eigenvalue weighted by atomic mass is 10.3. The molecule has 11 heteroatoms. The van der Waals surface area contributed by atoms with Crippen molar-refractivity contribution >= 4 is 33.3 Å². The van der Waals surface area contributed by atoms with Crippen LogP contribution in [-0.2, 0) is 23.8 Å². The van der Waals surface area contributed by atoms with Gasteiger partial charge in [0.05, 0.1) is 39.1 Å². The van der Waals surface area contributed by atoms with Crippen molar-refractivity contribution in [1.82, 2.24) is 29.8 Å². The zero-order valence-electron chi connectivity index (χ0n) is 15.8. The van der Waals surface area contributed by atoms with Crippen LogP contribution >= 0.6 is 11.3 Å². The van der Waals surface area contributed by atoms with Crippen molar-refractivity contribution in [3.63, 3.8) is 0 Å². The summed E-state index contributed by atoms with van der Waals surface area (Å²) in [6.45, 7) is 5.23. The Labute approximate surface area is 169 Å². The van der Waals surface area contributed by atoms with Crippen molar-refractivity contribution in [1.29, 1.82) is 0 Å². The van der Waals surface area contributed by atoms with E-state index in [-0.39, 0.29) is 11.2 Å². The van der Waals surface area contributed by atoms with E-state index in [2.05, 4.69) is 30.6 Å². The molecule has 3 aromatic rings. The number of hydrogen-bond donors (Lipinski definition) is 2. The van der Waals surface area contributed by atoms with Crippen molar-refractivity contribution in [2.75, 3.05) is 18.1 Å². The molecule has 0 aliphatic carbocycles. The second-order valence-corrected chi connectivity index (χ2v) is 8.21. The van der Waals surface area contributed by atoms with Gasteiger partial charge >= 0.3 is 6.03 Å². The van der Waals surface area contributed by atoms with Gasteiger partial charge in [-0.05, 0) is 19.9 Å². The molecule has 148 valence electrons. The monoisotopic (exact) mass is 419 g/mol. The molecule has 0 aliphatic heterocycles. The molecule has 0 fully saturated rings. The molecule has 0 spiro atoms. The zero-order chi connectivity index (χ0) is 20.1. The summed E-state index contributed by atoms with van der Waals surface area (Å²) in [6, 6.07) is 1.41. The minimum atomic E-state index is -1.27. The zero-order valence-corrected chi connectivity index (χ0v) is 17.4. The second kappa shape index (κ2) is 9.02. The fourth-order valence-corrected chi connectivity index (χ4v) is 3.81. The maximum Gasteiger partial charge on any atom is 0.321 e. The molecular weight excluding hydrogens is 398 g/mol. The summed E-state index contributed by atoms with van der Waals surface area (Å²) < 4.78 is 13.6. The van der Waals surface area contributed by atoms with Crippen LogP contribution in [0.2, 0.25) is 0 Å². The Hall–Kier alpha value is -2.66. The van der Waals surface area contributed by atoms with Crippen molar-refractivity contribution in [3.05, 3.63) is 36.2 Å². The predicted molar refractivity (Wildman–Crippen MR) is 109 cm³/mol. The summed E-state index contributed by atoms with van der Waals surface area (Å²) >= 11 is 1.31. The average Bonchev–Trinajstić information content (AvgIpc) is 3.28. The van der Waals surface area contributed by atoms with E-state index < -0.39 is 10.8 Å². The number of urea groups is 1. The van der Waals surface area contributed by atoms with E-state index in [1.807, 2.05) is 24.6 Å². The molecular formula is C17H21N7O2S2. The molecule has 0 saturated heterocycles. The number of imidazole rings is 1. The summed E-state index contributed by atoms with van der Waals surface area (Å²) in [5, 5.41) is 6.28.